The molecule has 14 heavy (non-hydrogen) atoms. The van der Waals surface area contributed by atoms with E-state index in [4.69, 9.17) is 0 Å². The zero-order chi connectivity index (χ0) is 10.4. The zero-order valence-corrected chi connectivity index (χ0v) is 9.84. The summed E-state index contributed by atoms with van der Waals surface area (Å²) in [5.74, 6) is 1.10. The van der Waals surface area contributed by atoms with Gasteiger partial charge in [-0.2, -0.15) is 0 Å². The van der Waals surface area contributed by atoms with Gasteiger partial charge >= 0.3 is 0 Å². The van der Waals surface area contributed by atoms with E-state index in [-0.39, 0.29) is 5.60 Å². The normalized spacial score (nSPS) is 43.3. The standard InChI is InChI=1S/C13H24O/c1-10-8-12(2,3)9-13(10,14)11-6-4-5-7-11/h10-11,14H,4-9H2,1-3H3. The highest BCUT2D eigenvalue weighted by Gasteiger charge is 2.51. The topological polar surface area (TPSA) is 20.2 Å². The minimum absolute atomic E-state index is 0.333. The fourth-order valence-electron chi connectivity index (χ4n) is 3.99. The van der Waals surface area contributed by atoms with Crippen LogP contribution in [0.5, 0.6) is 0 Å². The molecule has 0 heterocycles. The molecule has 1 N–H and O–H groups in total. The lowest BCUT2D eigenvalue weighted by molar-refractivity contribution is -0.0485. The Hall–Kier alpha value is -0.0400. The van der Waals surface area contributed by atoms with Gasteiger partial charge in [0.05, 0.1) is 5.60 Å². The molecule has 82 valence electrons. The zero-order valence-electron chi connectivity index (χ0n) is 9.84. The molecule has 0 bridgehead atoms. The summed E-state index contributed by atoms with van der Waals surface area (Å²) < 4.78 is 0. The van der Waals surface area contributed by atoms with Crippen molar-refractivity contribution in [3.8, 4) is 0 Å². The third-order valence-corrected chi connectivity index (χ3v) is 4.54. The molecule has 2 aliphatic carbocycles. The van der Waals surface area contributed by atoms with Crippen LogP contribution >= 0.6 is 0 Å². The van der Waals surface area contributed by atoms with Crippen LogP contribution in [0.1, 0.15) is 59.3 Å². The molecule has 0 aromatic rings. The molecule has 2 fully saturated rings. The van der Waals surface area contributed by atoms with Crippen molar-refractivity contribution in [3.63, 3.8) is 0 Å². The third kappa shape index (κ3) is 1.60. The van der Waals surface area contributed by atoms with Gasteiger partial charge in [-0.25, -0.2) is 0 Å². The fraction of sp³-hybridized carbons (Fsp3) is 1.00. The number of hydrogen-bond donors (Lipinski definition) is 1. The average Bonchev–Trinajstić information content (AvgIpc) is 2.58. The molecule has 0 spiro atoms. The Bertz CT molecular complexity index is 215. The van der Waals surface area contributed by atoms with Gasteiger partial charge in [0.15, 0.2) is 0 Å². The highest BCUT2D eigenvalue weighted by molar-refractivity contribution is 5.02. The maximum absolute atomic E-state index is 10.8. The summed E-state index contributed by atoms with van der Waals surface area (Å²) >= 11 is 0. The van der Waals surface area contributed by atoms with Gasteiger partial charge in [-0.15, -0.1) is 0 Å². The van der Waals surface area contributed by atoms with Crippen molar-refractivity contribution in [3.05, 3.63) is 0 Å². The van der Waals surface area contributed by atoms with E-state index in [0.717, 1.165) is 6.42 Å². The molecule has 2 unspecified atom stereocenters. The summed E-state index contributed by atoms with van der Waals surface area (Å²) in [7, 11) is 0. The van der Waals surface area contributed by atoms with Crippen molar-refractivity contribution in [2.45, 2.75) is 64.9 Å². The summed E-state index contributed by atoms with van der Waals surface area (Å²) in [6.45, 7) is 6.85. The van der Waals surface area contributed by atoms with Crippen molar-refractivity contribution >= 4 is 0 Å². The monoisotopic (exact) mass is 196 g/mol. The first-order valence-electron chi connectivity index (χ1n) is 6.16. The molecule has 2 atom stereocenters. The van der Waals surface area contributed by atoms with Crippen LogP contribution in [0.2, 0.25) is 0 Å². The average molecular weight is 196 g/mol. The van der Waals surface area contributed by atoms with Crippen LogP contribution in [0.4, 0.5) is 0 Å². The number of rotatable bonds is 1. The summed E-state index contributed by atoms with van der Waals surface area (Å²) in [6.07, 6.45) is 7.40. The van der Waals surface area contributed by atoms with Crippen LogP contribution < -0.4 is 0 Å². The Morgan fingerprint density at radius 1 is 1.14 bits per heavy atom. The van der Waals surface area contributed by atoms with Crippen molar-refractivity contribution in [1.29, 1.82) is 0 Å². The first-order chi connectivity index (χ1) is 6.44. The first-order valence-corrected chi connectivity index (χ1v) is 6.16. The molecular weight excluding hydrogens is 172 g/mol. The maximum atomic E-state index is 10.8. The van der Waals surface area contributed by atoms with Gasteiger partial charge in [-0.1, -0.05) is 33.6 Å². The first kappa shape index (κ1) is 10.5. The summed E-state index contributed by atoms with van der Waals surface area (Å²) in [4.78, 5) is 0. The van der Waals surface area contributed by atoms with Crippen molar-refractivity contribution in [1.82, 2.24) is 0 Å². The van der Waals surface area contributed by atoms with Gasteiger partial charge in [0.1, 0.15) is 0 Å². The van der Waals surface area contributed by atoms with E-state index >= 15 is 0 Å². The number of aliphatic hydroxyl groups is 1. The SMILES string of the molecule is CC1CC(C)(C)CC1(O)C1CCCC1. The van der Waals surface area contributed by atoms with E-state index in [2.05, 4.69) is 20.8 Å². The van der Waals surface area contributed by atoms with Crippen LogP contribution in [-0.2, 0) is 0 Å². The van der Waals surface area contributed by atoms with Crippen molar-refractivity contribution < 1.29 is 5.11 Å². The lowest BCUT2D eigenvalue weighted by atomic mass is 9.78. The van der Waals surface area contributed by atoms with Gasteiger partial charge in [0.25, 0.3) is 0 Å². The quantitative estimate of drug-likeness (QED) is 0.682. The summed E-state index contributed by atoms with van der Waals surface area (Å²) in [5.41, 5.74) is 0.0246. The molecule has 1 nitrogen and oxygen atoms in total. The van der Waals surface area contributed by atoms with Gasteiger partial charge < -0.3 is 5.11 Å². The Kier molecular flexibility index (Phi) is 2.42. The molecular formula is C13H24O. The fourth-order valence-corrected chi connectivity index (χ4v) is 3.99. The lowest BCUT2D eigenvalue weighted by Gasteiger charge is -2.34. The highest BCUT2D eigenvalue weighted by Crippen LogP contribution is 2.53. The Labute approximate surface area is 87.9 Å². The second kappa shape index (κ2) is 3.23. The molecule has 2 saturated carbocycles. The Morgan fingerprint density at radius 2 is 1.71 bits per heavy atom. The minimum Gasteiger partial charge on any atom is -0.389 e. The van der Waals surface area contributed by atoms with Crippen LogP contribution in [0, 0.1) is 17.3 Å². The van der Waals surface area contributed by atoms with Gasteiger partial charge in [0.2, 0.25) is 0 Å². The molecule has 0 aliphatic heterocycles. The predicted molar refractivity (Wildman–Crippen MR) is 59.1 cm³/mol. The number of hydrogen-bond acceptors (Lipinski definition) is 1. The molecule has 2 aliphatic rings. The van der Waals surface area contributed by atoms with E-state index in [1.807, 2.05) is 0 Å². The third-order valence-electron chi connectivity index (χ3n) is 4.54. The van der Waals surface area contributed by atoms with Gasteiger partial charge in [-0.3, -0.25) is 0 Å². The summed E-state index contributed by atoms with van der Waals surface area (Å²) in [6, 6.07) is 0. The molecule has 2 rings (SSSR count). The molecule has 0 saturated heterocycles. The lowest BCUT2D eigenvalue weighted by Crippen LogP contribution is -2.39. The largest absolute Gasteiger partial charge is 0.389 e. The Balaban J connectivity index is 2.14. The molecule has 0 aromatic carbocycles. The minimum atomic E-state index is -0.333. The van der Waals surface area contributed by atoms with E-state index in [0.29, 0.717) is 17.3 Å². The highest BCUT2D eigenvalue weighted by atomic mass is 16.3. The predicted octanol–water partition coefficient (Wildman–Crippen LogP) is 3.36. The molecule has 0 radical (unpaired) electrons. The van der Waals surface area contributed by atoms with Crippen LogP contribution in [-0.4, -0.2) is 10.7 Å². The smallest absolute Gasteiger partial charge is 0.0706 e. The van der Waals surface area contributed by atoms with Gasteiger partial charge in [-0.05, 0) is 42.9 Å². The summed E-state index contributed by atoms with van der Waals surface area (Å²) in [5, 5.41) is 10.8. The van der Waals surface area contributed by atoms with Crippen molar-refractivity contribution in [2.24, 2.45) is 17.3 Å². The van der Waals surface area contributed by atoms with Crippen LogP contribution in [0.3, 0.4) is 0 Å². The molecule has 0 amide bonds. The van der Waals surface area contributed by atoms with Crippen LogP contribution in [0.15, 0.2) is 0 Å². The Morgan fingerprint density at radius 3 is 2.14 bits per heavy atom. The van der Waals surface area contributed by atoms with Crippen molar-refractivity contribution in [2.75, 3.05) is 0 Å². The molecule has 0 aromatic heterocycles. The van der Waals surface area contributed by atoms with E-state index < -0.39 is 0 Å². The van der Waals surface area contributed by atoms with E-state index in [1.54, 1.807) is 0 Å². The second-order valence-electron chi connectivity index (χ2n) is 6.42. The van der Waals surface area contributed by atoms with Crippen LogP contribution in [0.25, 0.3) is 0 Å². The van der Waals surface area contributed by atoms with E-state index in [1.165, 1.54) is 32.1 Å². The maximum Gasteiger partial charge on any atom is 0.0706 e. The van der Waals surface area contributed by atoms with E-state index in [9.17, 15) is 5.11 Å². The molecule has 1 heteroatoms. The second-order valence-corrected chi connectivity index (χ2v) is 6.42. The van der Waals surface area contributed by atoms with Gasteiger partial charge in [0, 0.05) is 0 Å².